The Balaban J connectivity index is 2.11. The molecule has 0 aliphatic heterocycles. The molecule has 4 aromatic rings. The molecule has 0 amide bonds. The normalized spacial score (nSPS) is 12.5. The maximum atomic E-state index is 12.7. The summed E-state index contributed by atoms with van der Waals surface area (Å²) in [5, 5.41) is 0.387. The van der Waals surface area contributed by atoms with E-state index in [4.69, 9.17) is 4.74 Å². The van der Waals surface area contributed by atoms with Gasteiger partial charge in [-0.15, -0.1) is 0 Å². The molecule has 0 unspecified atom stereocenters. The molecule has 0 aliphatic rings. The van der Waals surface area contributed by atoms with Crippen LogP contribution in [0.4, 0.5) is 0 Å². The van der Waals surface area contributed by atoms with Crippen LogP contribution in [0.5, 0.6) is 0 Å². The molecule has 0 N–H and O–H groups in total. The summed E-state index contributed by atoms with van der Waals surface area (Å²) in [6.07, 6.45) is 0.619. The summed E-state index contributed by atoms with van der Waals surface area (Å²) in [4.78, 5) is 12.7. The number of esters is 1. The molecule has 0 bridgehead atoms. The van der Waals surface area contributed by atoms with Gasteiger partial charge in [0.25, 0.3) is 0 Å². The summed E-state index contributed by atoms with van der Waals surface area (Å²) in [6.45, 7) is 0. The second kappa shape index (κ2) is 9.31. The number of hydrogen-bond acceptors (Lipinski definition) is 2. The number of ether oxygens (including phenoxy) is 1. The fourth-order valence-electron chi connectivity index (χ4n) is 4.26. The predicted octanol–water partition coefficient (Wildman–Crippen LogP) is 6.58. The molecule has 4 aromatic carbocycles. The first-order valence-corrected chi connectivity index (χ1v) is 15.5. The first-order chi connectivity index (χ1) is 15.5. The standard InChI is InChI=1S/C27H23Br2O2P/c1-31-27(30)26-18-17-22(28)19-21(26)20-32(29,23-11-5-2-6-12-23,24-13-7-3-8-14-24)25-15-9-4-10-16-25/h2-19H,20H2,1H3. The second-order valence-electron chi connectivity index (χ2n) is 7.64. The molecule has 0 fully saturated rings. The van der Waals surface area contributed by atoms with Crippen LogP contribution in [0.15, 0.2) is 114 Å². The Bertz CT molecular complexity index is 1130. The molecule has 0 aromatic heterocycles. The molecule has 4 rings (SSSR count). The second-order valence-corrected chi connectivity index (χ2v) is 17.5. The van der Waals surface area contributed by atoms with Gasteiger partial charge >= 0.3 is 206 Å². The monoisotopic (exact) mass is 568 g/mol. The molecule has 0 spiro atoms. The van der Waals surface area contributed by atoms with E-state index >= 15 is 0 Å². The van der Waals surface area contributed by atoms with Gasteiger partial charge < -0.3 is 0 Å². The van der Waals surface area contributed by atoms with Crippen molar-refractivity contribution < 1.29 is 9.53 Å². The van der Waals surface area contributed by atoms with Crippen LogP contribution in [0, 0.1) is 0 Å². The summed E-state index contributed by atoms with van der Waals surface area (Å²) < 4.78 is 6.05. The molecular weight excluding hydrogens is 547 g/mol. The van der Waals surface area contributed by atoms with Crippen molar-refractivity contribution in [3.63, 3.8) is 0 Å². The Labute approximate surface area is 205 Å². The number of hydrogen-bond donors (Lipinski definition) is 0. The summed E-state index contributed by atoms with van der Waals surface area (Å²) >= 11 is 8.06. The van der Waals surface area contributed by atoms with Crippen LogP contribution in [0.2, 0.25) is 0 Å². The molecule has 32 heavy (non-hydrogen) atoms. The first kappa shape index (κ1) is 22.9. The topological polar surface area (TPSA) is 26.3 Å². The minimum atomic E-state index is -3.22. The van der Waals surface area contributed by atoms with Crippen molar-refractivity contribution in [1.29, 1.82) is 0 Å². The van der Waals surface area contributed by atoms with Gasteiger partial charge in [0.1, 0.15) is 0 Å². The maximum absolute atomic E-state index is 12.7. The van der Waals surface area contributed by atoms with Crippen LogP contribution in [-0.4, -0.2) is 13.1 Å². The van der Waals surface area contributed by atoms with E-state index in [0.717, 1.165) is 10.0 Å². The van der Waals surface area contributed by atoms with Crippen LogP contribution in [0.25, 0.3) is 0 Å². The van der Waals surface area contributed by atoms with E-state index in [2.05, 4.69) is 104 Å². The first-order valence-electron chi connectivity index (χ1n) is 10.2. The van der Waals surface area contributed by atoms with Crippen LogP contribution in [-0.2, 0) is 10.9 Å². The van der Waals surface area contributed by atoms with Crippen molar-refractivity contribution >= 4 is 58.6 Å². The Morgan fingerprint density at radius 1 is 0.750 bits per heavy atom. The molecule has 2 nitrogen and oxygen atoms in total. The Morgan fingerprint density at radius 2 is 1.19 bits per heavy atom. The van der Waals surface area contributed by atoms with Gasteiger partial charge in [0.05, 0.1) is 0 Å². The van der Waals surface area contributed by atoms with Gasteiger partial charge in [-0.3, -0.25) is 0 Å². The Hall–Kier alpha value is -2.26. The Kier molecular flexibility index (Phi) is 6.67. The van der Waals surface area contributed by atoms with E-state index in [1.54, 1.807) is 0 Å². The zero-order chi connectivity index (χ0) is 22.6. The average Bonchev–Trinajstić information content (AvgIpc) is 2.85. The molecule has 0 heterocycles. The van der Waals surface area contributed by atoms with E-state index in [1.165, 1.54) is 23.0 Å². The van der Waals surface area contributed by atoms with Gasteiger partial charge in [-0.25, -0.2) is 0 Å². The van der Waals surface area contributed by atoms with Gasteiger partial charge in [-0.2, -0.15) is 0 Å². The van der Waals surface area contributed by atoms with Crippen LogP contribution in [0.1, 0.15) is 15.9 Å². The zero-order valence-electron chi connectivity index (χ0n) is 17.6. The third-order valence-electron chi connectivity index (χ3n) is 5.82. The average molecular weight is 570 g/mol. The van der Waals surface area contributed by atoms with Gasteiger partial charge in [0.15, 0.2) is 0 Å². The number of methoxy groups -OCH3 is 1. The van der Waals surface area contributed by atoms with Crippen LogP contribution >= 0.6 is 36.7 Å². The molecule has 0 atom stereocenters. The van der Waals surface area contributed by atoms with E-state index in [1.807, 2.05) is 36.4 Å². The fourth-order valence-corrected chi connectivity index (χ4v) is 12.3. The van der Waals surface area contributed by atoms with Gasteiger partial charge in [-0.1, -0.05) is 0 Å². The van der Waals surface area contributed by atoms with Crippen molar-refractivity contribution in [2.24, 2.45) is 0 Å². The van der Waals surface area contributed by atoms with Crippen LogP contribution < -0.4 is 15.9 Å². The van der Waals surface area contributed by atoms with Gasteiger partial charge in [-0.05, 0) is 0 Å². The van der Waals surface area contributed by atoms with Crippen molar-refractivity contribution in [2.45, 2.75) is 6.16 Å². The minimum absolute atomic E-state index is 0.334. The van der Waals surface area contributed by atoms with Crippen molar-refractivity contribution in [3.05, 3.63) is 125 Å². The molecule has 0 aliphatic carbocycles. The molecule has 162 valence electrons. The number of rotatable bonds is 6. The molecule has 0 saturated carbocycles. The van der Waals surface area contributed by atoms with E-state index in [0.29, 0.717) is 11.7 Å². The summed E-state index contributed by atoms with van der Waals surface area (Å²) in [6, 6.07) is 37.4. The van der Waals surface area contributed by atoms with Gasteiger partial charge in [0, 0.05) is 0 Å². The molecular formula is C27H23Br2O2P. The third-order valence-corrected chi connectivity index (χ3v) is 15.8. The number of benzene rings is 4. The summed E-state index contributed by atoms with van der Waals surface area (Å²) in [5.74, 6) is -0.334. The van der Waals surface area contributed by atoms with E-state index < -0.39 is 5.31 Å². The number of carbonyl (C=O) groups is 1. The number of carbonyl (C=O) groups excluding carboxylic acids is 1. The van der Waals surface area contributed by atoms with Crippen molar-refractivity contribution in [3.8, 4) is 0 Å². The van der Waals surface area contributed by atoms with Gasteiger partial charge in [0.2, 0.25) is 0 Å². The van der Waals surface area contributed by atoms with E-state index in [-0.39, 0.29) is 5.97 Å². The summed E-state index contributed by atoms with van der Waals surface area (Å²) in [5.41, 5.74) is 1.50. The molecule has 5 heteroatoms. The molecule has 0 radical (unpaired) electrons. The SMILES string of the molecule is COC(=O)c1ccc(Br)cc1CP(Br)(c1ccccc1)(c1ccccc1)c1ccccc1. The predicted molar refractivity (Wildman–Crippen MR) is 143 cm³/mol. The quantitative estimate of drug-likeness (QED) is 0.194. The summed E-state index contributed by atoms with van der Waals surface area (Å²) in [7, 11) is 1.42. The number of halogens is 2. The fraction of sp³-hybridized carbons (Fsp3) is 0.0741. The Morgan fingerprint density at radius 3 is 1.59 bits per heavy atom. The van der Waals surface area contributed by atoms with Crippen LogP contribution in [0.3, 0.4) is 0 Å². The zero-order valence-corrected chi connectivity index (χ0v) is 21.7. The third kappa shape index (κ3) is 3.96. The molecule has 0 saturated heterocycles. The van der Waals surface area contributed by atoms with Crippen molar-refractivity contribution in [1.82, 2.24) is 0 Å². The van der Waals surface area contributed by atoms with E-state index in [9.17, 15) is 4.79 Å². The van der Waals surface area contributed by atoms with Crippen molar-refractivity contribution in [2.75, 3.05) is 7.11 Å².